The Balaban J connectivity index is 1.39. The standard InChI is InChI=1S/C21H23NO2/c1-13-6-5-7-15(10-13)17-11-18(17)21(23)22-14(2)19-12-24-20-9-4-3-8-16(19)20/h3-10,14,17-19H,11-12H2,1-2H3,(H,22,23)/t14-,17+,18+,19+/m1/s1. The van der Waals surface area contributed by atoms with Gasteiger partial charge in [-0.3, -0.25) is 4.79 Å². The monoisotopic (exact) mass is 321 g/mol. The summed E-state index contributed by atoms with van der Waals surface area (Å²) in [5, 5.41) is 3.22. The van der Waals surface area contributed by atoms with Gasteiger partial charge in [-0.15, -0.1) is 0 Å². The summed E-state index contributed by atoms with van der Waals surface area (Å²) in [6.45, 7) is 4.82. The van der Waals surface area contributed by atoms with Crippen molar-refractivity contribution in [2.24, 2.45) is 5.92 Å². The average molecular weight is 321 g/mol. The van der Waals surface area contributed by atoms with E-state index in [1.807, 2.05) is 18.2 Å². The van der Waals surface area contributed by atoms with Gasteiger partial charge in [0.15, 0.2) is 0 Å². The molecule has 1 saturated carbocycles. The molecule has 2 aromatic rings. The van der Waals surface area contributed by atoms with Crippen LogP contribution in [0.1, 0.15) is 41.9 Å². The summed E-state index contributed by atoms with van der Waals surface area (Å²) < 4.78 is 5.74. The van der Waals surface area contributed by atoms with E-state index in [1.54, 1.807) is 0 Å². The van der Waals surface area contributed by atoms with Gasteiger partial charge in [-0.25, -0.2) is 0 Å². The Bertz CT molecular complexity index is 770. The van der Waals surface area contributed by atoms with Gasteiger partial charge in [-0.2, -0.15) is 0 Å². The molecule has 0 aromatic heterocycles. The van der Waals surface area contributed by atoms with E-state index >= 15 is 0 Å². The summed E-state index contributed by atoms with van der Waals surface area (Å²) in [7, 11) is 0. The van der Waals surface area contributed by atoms with Gasteiger partial charge in [0, 0.05) is 23.4 Å². The second-order valence-corrected chi connectivity index (χ2v) is 7.12. The molecule has 3 heteroatoms. The molecule has 1 aliphatic carbocycles. The molecular formula is C21H23NO2. The highest BCUT2D eigenvalue weighted by atomic mass is 16.5. The van der Waals surface area contributed by atoms with E-state index in [0.717, 1.165) is 12.2 Å². The van der Waals surface area contributed by atoms with Crippen LogP contribution >= 0.6 is 0 Å². The first-order valence-electron chi connectivity index (χ1n) is 8.72. The predicted molar refractivity (Wildman–Crippen MR) is 94.3 cm³/mol. The van der Waals surface area contributed by atoms with Crippen molar-refractivity contribution in [1.82, 2.24) is 5.32 Å². The first-order valence-corrected chi connectivity index (χ1v) is 8.72. The zero-order chi connectivity index (χ0) is 16.7. The second kappa shape index (κ2) is 5.97. The molecule has 124 valence electrons. The number of para-hydroxylation sites is 1. The van der Waals surface area contributed by atoms with Crippen molar-refractivity contribution in [1.29, 1.82) is 0 Å². The summed E-state index contributed by atoms with van der Waals surface area (Å²) in [5.74, 6) is 1.86. The summed E-state index contributed by atoms with van der Waals surface area (Å²) in [4.78, 5) is 12.6. The van der Waals surface area contributed by atoms with E-state index in [4.69, 9.17) is 4.74 Å². The molecule has 2 aromatic carbocycles. The van der Waals surface area contributed by atoms with Gasteiger partial charge in [0.25, 0.3) is 0 Å². The van der Waals surface area contributed by atoms with E-state index in [9.17, 15) is 4.79 Å². The SMILES string of the molecule is Cc1cccc([C@@H]2C[C@@H]2C(=O)N[C@H](C)[C@@H]2COc3ccccc32)c1. The predicted octanol–water partition coefficient (Wildman–Crippen LogP) is 3.78. The van der Waals surface area contributed by atoms with Crippen LogP contribution < -0.4 is 10.1 Å². The third kappa shape index (κ3) is 2.79. The lowest BCUT2D eigenvalue weighted by molar-refractivity contribution is -0.123. The molecule has 1 fully saturated rings. The van der Waals surface area contributed by atoms with Gasteiger partial charge in [0.2, 0.25) is 5.91 Å². The van der Waals surface area contributed by atoms with Crippen molar-refractivity contribution >= 4 is 5.91 Å². The Labute approximate surface area is 143 Å². The fraction of sp³-hybridized carbons (Fsp3) is 0.381. The molecule has 0 unspecified atom stereocenters. The molecule has 0 saturated heterocycles. The Kier molecular flexibility index (Phi) is 3.79. The fourth-order valence-corrected chi connectivity index (χ4v) is 3.79. The number of aryl methyl sites for hydroxylation is 1. The third-order valence-electron chi connectivity index (χ3n) is 5.31. The topological polar surface area (TPSA) is 38.3 Å². The first-order chi connectivity index (χ1) is 11.6. The van der Waals surface area contributed by atoms with Crippen molar-refractivity contribution in [3.63, 3.8) is 0 Å². The molecule has 1 aliphatic heterocycles. The summed E-state index contributed by atoms with van der Waals surface area (Å²) in [5.41, 5.74) is 3.75. The van der Waals surface area contributed by atoms with E-state index in [0.29, 0.717) is 12.5 Å². The van der Waals surface area contributed by atoms with Crippen molar-refractivity contribution in [2.45, 2.75) is 38.1 Å². The van der Waals surface area contributed by atoms with Crippen LogP contribution in [0, 0.1) is 12.8 Å². The summed E-state index contributed by atoms with van der Waals surface area (Å²) in [6.07, 6.45) is 0.958. The number of hydrogen-bond acceptors (Lipinski definition) is 2. The van der Waals surface area contributed by atoms with Gasteiger partial charge in [0.05, 0.1) is 6.61 Å². The van der Waals surface area contributed by atoms with Crippen molar-refractivity contribution in [2.75, 3.05) is 6.61 Å². The molecule has 4 atom stereocenters. The Morgan fingerprint density at radius 1 is 1.21 bits per heavy atom. The zero-order valence-electron chi connectivity index (χ0n) is 14.2. The molecule has 4 rings (SSSR count). The smallest absolute Gasteiger partial charge is 0.223 e. The first kappa shape index (κ1) is 15.3. The Morgan fingerprint density at radius 3 is 2.88 bits per heavy atom. The molecule has 1 amide bonds. The highest BCUT2D eigenvalue weighted by molar-refractivity contribution is 5.83. The van der Waals surface area contributed by atoms with Crippen LogP contribution in [0.5, 0.6) is 5.75 Å². The van der Waals surface area contributed by atoms with E-state index < -0.39 is 0 Å². The molecule has 24 heavy (non-hydrogen) atoms. The van der Waals surface area contributed by atoms with Gasteiger partial charge in [0.1, 0.15) is 5.75 Å². The number of nitrogens with one attached hydrogen (secondary N) is 1. The summed E-state index contributed by atoms with van der Waals surface area (Å²) in [6, 6.07) is 16.7. The lowest BCUT2D eigenvalue weighted by Gasteiger charge is -2.20. The van der Waals surface area contributed by atoms with Gasteiger partial charge < -0.3 is 10.1 Å². The maximum absolute atomic E-state index is 12.6. The van der Waals surface area contributed by atoms with Crippen LogP contribution in [0.2, 0.25) is 0 Å². The minimum Gasteiger partial charge on any atom is -0.493 e. The number of amides is 1. The highest BCUT2D eigenvalue weighted by Crippen LogP contribution is 2.48. The van der Waals surface area contributed by atoms with Crippen LogP contribution in [0.4, 0.5) is 0 Å². The zero-order valence-corrected chi connectivity index (χ0v) is 14.2. The van der Waals surface area contributed by atoms with Crippen LogP contribution in [0.15, 0.2) is 48.5 Å². The average Bonchev–Trinajstić information content (AvgIpc) is 3.27. The van der Waals surface area contributed by atoms with E-state index in [1.165, 1.54) is 16.7 Å². The molecular weight excluding hydrogens is 298 g/mol. The van der Waals surface area contributed by atoms with E-state index in [-0.39, 0.29) is 23.8 Å². The number of benzene rings is 2. The van der Waals surface area contributed by atoms with Crippen molar-refractivity contribution < 1.29 is 9.53 Å². The normalized spacial score (nSPS) is 25.5. The number of carbonyl (C=O) groups is 1. The second-order valence-electron chi connectivity index (χ2n) is 7.12. The lowest BCUT2D eigenvalue weighted by Crippen LogP contribution is -2.38. The molecule has 0 radical (unpaired) electrons. The Hall–Kier alpha value is -2.29. The molecule has 2 aliphatic rings. The molecule has 1 N–H and O–H groups in total. The minimum atomic E-state index is 0.0832. The quantitative estimate of drug-likeness (QED) is 0.930. The maximum Gasteiger partial charge on any atom is 0.223 e. The van der Waals surface area contributed by atoms with Gasteiger partial charge in [-0.1, -0.05) is 48.0 Å². The maximum atomic E-state index is 12.6. The lowest BCUT2D eigenvalue weighted by atomic mass is 9.94. The van der Waals surface area contributed by atoms with E-state index in [2.05, 4.69) is 49.5 Å². The van der Waals surface area contributed by atoms with Crippen LogP contribution in [-0.2, 0) is 4.79 Å². The number of hydrogen-bond donors (Lipinski definition) is 1. The van der Waals surface area contributed by atoms with Gasteiger partial charge >= 0.3 is 0 Å². The molecule has 0 bridgehead atoms. The van der Waals surface area contributed by atoms with Crippen molar-refractivity contribution in [3.05, 3.63) is 65.2 Å². The third-order valence-corrected chi connectivity index (χ3v) is 5.31. The number of rotatable bonds is 4. The number of ether oxygens (including phenoxy) is 1. The number of fused-ring (bicyclic) bond motifs is 1. The van der Waals surface area contributed by atoms with Crippen LogP contribution in [0.3, 0.4) is 0 Å². The van der Waals surface area contributed by atoms with Crippen LogP contribution in [0.25, 0.3) is 0 Å². The molecule has 0 spiro atoms. The minimum absolute atomic E-state index is 0.0832. The fourth-order valence-electron chi connectivity index (χ4n) is 3.79. The molecule has 3 nitrogen and oxygen atoms in total. The Morgan fingerprint density at radius 2 is 2.04 bits per heavy atom. The summed E-state index contributed by atoms with van der Waals surface area (Å²) >= 11 is 0. The highest BCUT2D eigenvalue weighted by Gasteiger charge is 2.44. The largest absolute Gasteiger partial charge is 0.493 e. The van der Waals surface area contributed by atoms with Crippen molar-refractivity contribution in [3.8, 4) is 5.75 Å². The number of carbonyl (C=O) groups excluding carboxylic acids is 1. The van der Waals surface area contributed by atoms with Gasteiger partial charge in [-0.05, 0) is 37.8 Å². The molecule has 1 heterocycles. The van der Waals surface area contributed by atoms with Crippen LogP contribution in [-0.4, -0.2) is 18.6 Å².